The summed E-state index contributed by atoms with van der Waals surface area (Å²) in [7, 11) is 0. The Morgan fingerprint density at radius 2 is 0.921 bits per heavy atom. The molecule has 0 radical (unpaired) electrons. The SMILES string of the molecule is C=C(C)C(=O)OC(C)(C)c1ccc2ccccc2c1-c1c(C(C)(C)OC(=O)C(=C)C)ccc2ccccc12. The normalized spacial score (nSPS) is 11.8. The molecule has 38 heavy (non-hydrogen) atoms. The Bertz CT molecular complexity index is 1480. The minimum atomic E-state index is -0.984. The molecule has 4 aromatic rings. The molecular formula is C34H34O4. The Morgan fingerprint density at radius 1 is 0.579 bits per heavy atom. The van der Waals surface area contributed by atoms with Crippen molar-refractivity contribution in [3.05, 3.63) is 108 Å². The summed E-state index contributed by atoms with van der Waals surface area (Å²) in [4.78, 5) is 25.4. The highest BCUT2D eigenvalue weighted by Crippen LogP contribution is 2.46. The minimum absolute atomic E-state index is 0.333. The summed E-state index contributed by atoms with van der Waals surface area (Å²) in [6, 6.07) is 24.4. The van der Waals surface area contributed by atoms with Crippen molar-refractivity contribution in [1.29, 1.82) is 0 Å². The number of rotatable bonds is 7. The maximum absolute atomic E-state index is 12.7. The highest BCUT2D eigenvalue weighted by molar-refractivity contribution is 6.08. The van der Waals surface area contributed by atoms with Crippen LogP contribution in [0.1, 0.15) is 52.7 Å². The Labute approximate surface area is 224 Å². The van der Waals surface area contributed by atoms with Crippen LogP contribution in [0.3, 0.4) is 0 Å². The van der Waals surface area contributed by atoms with Crippen LogP contribution in [0.5, 0.6) is 0 Å². The lowest BCUT2D eigenvalue weighted by Crippen LogP contribution is -2.28. The smallest absolute Gasteiger partial charge is 0.333 e. The molecule has 0 amide bonds. The molecule has 0 aliphatic heterocycles. The van der Waals surface area contributed by atoms with Gasteiger partial charge < -0.3 is 9.47 Å². The van der Waals surface area contributed by atoms with Gasteiger partial charge in [-0.15, -0.1) is 0 Å². The second kappa shape index (κ2) is 9.94. The molecule has 0 saturated heterocycles. The number of carbonyl (C=O) groups excluding carboxylic acids is 2. The third-order valence-electron chi connectivity index (χ3n) is 6.80. The van der Waals surface area contributed by atoms with E-state index in [1.807, 2.05) is 76.2 Å². The van der Waals surface area contributed by atoms with E-state index in [9.17, 15) is 9.59 Å². The fourth-order valence-electron chi connectivity index (χ4n) is 4.83. The van der Waals surface area contributed by atoms with E-state index in [0.717, 1.165) is 43.8 Å². The van der Waals surface area contributed by atoms with Crippen LogP contribution in [0.15, 0.2) is 97.1 Å². The molecule has 0 atom stereocenters. The van der Waals surface area contributed by atoms with E-state index in [-0.39, 0.29) is 0 Å². The van der Waals surface area contributed by atoms with Gasteiger partial charge in [-0.1, -0.05) is 86.0 Å². The van der Waals surface area contributed by atoms with E-state index < -0.39 is 23.1 Å². The number of esters is 2. The van der Waals surface area contributed by atoms with Crippen LogP contribution in [-0.2, 0) is 30.3 Å². The summed E-state index contributed by atoms with van der Waals surface area (Å²) in [5, 5.41) is 4.10. The lowest BCUT2D eigenvalue weighted by atomic mass is 9.79. The average molecular weight is 507 g/mol. The van der Waals surface area contributed by atoms with Crippen LogP contribution in [0.4, 0.5) is 0 Å². The van der Waals surface area contributed by atoms with Gasteiger partial charge in [-0.05, 0) is 74.2 Å². The number of hydrogen-bond acceptors (Lipinski definition) is 4. The third-order valence-corrected chi connectivity index (χ3v) is 6.80. The van der Waals surface area contributed by atoms with E-state index in [1.165, 1.54) is 0 Å². The molecule has 0 bridgehead atoms. The quantitative estimate of drug-likeness (QED) is 0.187. The van der Waals surface area contributed by atoms with Gasteiger partial charge >= 0.3 is 11.9 Å². The average Bonchev–Trinajstić information content (AvgIpc) is 2.86. The monoisotopic (exact) mass is 506 g/mol. The van der Waals surface area contributed by atoms with Crippen molar-refractivity contribution < 1.29 is 19.1 Å². The molecule has 4 aromatic carbocycles. The second-order valence-electron chi connectivity index (χ2n) is 10.8. The van der Waals surface area contributed by atoms with E-state index in [1.54, 1.807) is 13.8 Å². The molecule has 0 saturated carbocycles. The van der Waals surface area contributed by atoms with E-state index in [4.69, 9.17) is 9.47 Å². The standard InChI is InChI=1S/C34H34O4/c1-21(2)31(35)37-33(5,6)27-19-17-23-13-9-11-15-25(23)29(27)30-26-16-12-10-14-24(26)18-20-28(30)34(7,8)38-32(36)22(3)4/h9-20H,1,3H2,2,4-8H3. The molecule has 0 N–H and O–H groups in total. The minimum Gasteiger partial charge on any atom is -0.451 e. The van der Waals surface area contributed by atoms with Crippen molar-refractivity contribution in [3.8, 4) is 11.1 Å². The third kappa shape index (κ3) is 4.99. The van der Waals surface area contributed by atoms with Crippen molar-refractivity contribution in [2.45, 2.75) is 52.7 Å². The summed E-state index contributed by atoms with van der Waals surface area (Å²) in [5.41, 5.74) is 2.22. The molecule has 4 nitrogen and oxygen atoms in total. The van der Waals surface area contributed by atoms with Gasteiger partial charge in [-0.3, -0.25) is 0 Å². The van der Waals surface area contributed by atoms with Crippen molar-refractivity contribution in [2.75, 3.05) is 0 Å². The van der Waals surface area contributed by atoms with Crippen LogP contribution in [0, 0.1) is 0 Å². The number of carbonyl (C=O) groups is 2. The van der Waals surface area contributed by atoms with Gasteiger partial charge in [0.1, 0.15) is 11.2 Å². The first kappa shape index (κ1) is 26.9. The van der Waals surface area contributed by atoms with E-state index >= 15 is 0 Å². The zero-order chi connectivity index (χ0) is 27.8. The fourth-order valence-corrected chi connectivity index (χ4v) is 4.83. The lowest BCUT2D eigenvalue weighted by molar-refractivity contribution is -0.153. The van der Waals surface area contributed by atoms with Crippen molar-refractivity contribution in [3.63, 3.8) is 0 Å². The van der Waals surface area contributed by atoms with Crippen molar-refractivity contribution in [1.82, 2.24) is 0 Å². The first-order valence-electron chi connectivity index (χ1n) is 12.7. The lowest BCUT2D eigenvalue weighted by Gasteiger charge is -2.33. The van der Waals surface area contributed by atoms with Crippen LogP contribution >= 0.6 is 0 Å². The largest absolute Gasteiger partial charge is 0.451 e. The molecule has 0 fully saturated rings. The number of ether oxygens (including phenoxy) is 2. The van der Waals surface area contributed by atoms with E-state index in [2.05, 4.69) is 37.4 Å². The molecule has 4 heteroatoms. The van der Waals surface area contributed by atoms with Crippen molar-refractivity contribution in [2.24, 2.45) is 0 Å². The first-order valence-corrected chi connectivity index (χ1v) is 12.7. The molecule has 0 heterocycles. The molecule has 194 valence electrons. The van der Waals surface area contributed by atoms with Crippen LogP contribution in [0.25, 0.3) is 32.7 Å². The van der Waals surface area contributed by atoms with Gasteiger partial charge in [-0.2, -0.15) is 0 Å². The van der Waals surface area contributed by atoms with Crippen molar-refractivity contribution >= 4 is 33.5 Å². The Balaban J connectivity index is 2.13. The number of hydrogen-bond donors (Lipinski definition) is 0. The van der Waals surface area contributed by atoms with Crippen LogP contribution < -0.4 is 0 Å². The van der Waals surface area contributed by atoms with Gasteiger partial charge in [0.05, 0.1) is 0 Å². The number of benzene rings is 4. The van der Waals surface area contributed by atoms with Crippen LogP contribution in [0.2, 0.25) is 0 Å². The molecular weight excluding hydrogens is 472 g/mol. The van der Waals surface area contributed by atoms with Gasteiger partial charge in [0.2, 0.25) is 0 Å². The Morgan fingerprint density at radius 3 is 1.26 bits per heavy atom. The van der Waals surface area contributed by atoms with Gasteiger partial charge in [0.25, 0.3) is 0 Å². The summed E-state index contributed by atoms with van der Waals surface area (Å²) >= 11 is 0. The van der Waals surface area contributed by atoms with Crippen LogP contribution in [-0.4, -0.2) is 11.9 Å². The highest BCUT2D eigenvalue weighted by Gasteiger charge is 2.35. The maximum atomic E-state index is 12.7. The number of fused-ring (bicyclic) bond motifs is 2. The second-order valence-corrected chi connectivity index (χ2v) is 10.8. The summed E-state index contributed by atoms with van der Waals surface area (Å²) in [5.74, 6) is -0.911. The first-order chi connectivity index (χ1) is 17.8. The fraction of sp³-hybridized carbons (Fsp3) is 0.235. The Kier molecular flexibility index (Phi) is 7.03. The molecule has 4 rings (SSSR count). The predicted octanol–water partition coefficient (Wildman–Crippen LogP) is 8.37. The highest BCUT2D eigenvalue weighted by atomic mass is 16.6. The van der Waals surface area contributed by atoms with E-state index in [0.29, 0.717) is 11.1 Å². The molecule has 0 aliphatic carbocycles. The van der Waals surface area contributed by atoms with Gasteiger partial charge in [-0.25, -0.2) is 9.59 Å². The summed E-state index contributed by atoms with van der Waals surface area (Å²) in [6.07, 6.45) is 0. The maximum Gasteiger partial charge on any atom is 0.333 e. The zero-order valence-corrected chi connectivity index (χ0v) is 23.0. The zero-order valence-electron chi connectivity index (χ0n) is 23.0. The van der Waals surface area contributed by atoms with Gasteiger partial charge in [0, 0.05) is 22.3 Å². The molecule has 0 aliphatic rings. The van der Waals surface area contributed by atoms with Gasteiger partial charge in [0.15, 0.2) is 0 Å². The molecule has 0 spiro atoms. The Hall–Kier alpha value is -4.18. The predicted molar refractivity (Wildman–Crippen MR) is 155 cm³/mol. The molecule has 0 aromatic heterocycles. The summed E-state index contributed by atoms with van der Waals surface area (Å²) in [6.45, 7) is 18.4. The topological polar surface area (TPSA) is 52.6 Å². The summed E-state index contributed by atoms with van der Waals surface area (Å²) < 4.78 is 12.0. The molecule has 0 unspecified atom stereocenters.